The van der Waals surface area contributed by atoms with Gasteiger partial charge in [-0.2, -0.15) is 10.5 Å². The van der Waals surface area contributed by atoms with Gasteiger partial charge in [0.15, 0.2) is 0 Å². The summed E-state index contributed by atoms with van der Waals surface area (Å²) in [5.74, 6) is 0.465. The number of carbonyl (C=O) groups is 1. The summed E-state index contributed by atoms with van der Waals surface area (Å²) in [5.41, 5.74) is 2.34. The van der Waals surface area contributed by atoms with Crippen molar-refractivity contribution in [2.75, 3.05) is 11.9 Å². The maximum Gasteiger partial charge on any atom is 0.251 e. The number of nitrogens with zero attached hydrogens (tertiary/aromatic N) is 4. The van der Waals surface area contributed by atoms with E-state index < -0.39 is 0 Å². The smallest absolute Gasteiger partial charge is 0.251 e. The molecular weight excluding hydrogens is 306 g/mol. The molecule has 0 bridgehead atoms. The Morgan fingerprint density at radius 2 is 2.25 bits per heavy atom. The fraction of sp³-hybridized carbons (Fsp3) is 0.312. The second-order valence-corrected chi connectivity index (χ2v) is 5.63. The normalized spacial score (nSPS) is 11.2. The van der Waals surface area contributed by atoms with Gasteiger partial charge >= 0.3 is 0 Å². The molecular formula is C16H19N7O. The molecule has 1 aromatic carbocycles. The van der Waals surface area contributed by atoms with Crippen molar-refractivity contribution < 1.29 is 4.79 Å². The summed E-state index contributed by atoms with van der Waals surface area (Å²) in [4.78, 5) is 12.3. The number of tetrazole rings is 1. The van der Waals surface area contributed by atoms with Crippen LogP contribution in [-0.4, -0.2) is 33.1 Å². The van der Waals surface area contributed by atoms with Crippen LogP contribution in [0.3, 0.4) is 0 Å². The molecule has 8 heteroatoms. The molecule has 0 aliphatic heterocycles. The average molecular weight is 325 g/mol. The van der Waals surface area contributed by atoms with Gasteiger partial charge < -0.3 is 10.6 Å². The van der Waals surface area contributed by atoms with E-state index in [0.29, 0.717) is 18.0 Å². The van der Waals surface area contributed by atoms with Crippen LogP contribution >= 0.6 is 0 Å². The first kappa shape index (κ1) is 17.1. The quantitative estimate of drug-likeness (QED) is 0.697. The molecule has 24 heavy (non-hydrogen) atoms. The third kappa shape index (κ3) is 4.16. The van der Waals surface area contributed by atoms with Gasteiger partial charge in [0.25, 0.3) is 5.91 Å². The molecule has 0 unspecified atom stereocenters. The number of anilines is 1. The second kappa shape index (κ2) is 7.87. The van der Waals surface area contributed by atoms with Gasteiger partial charge in [0.2, 0.25) is 5.82 Å². The second-order valence-electron chi connectivity index (χ2n) is 5.63. The number of benzene rings is 1. The van der Waals surface area contributed by atoms with E-state index in [4.69, 9.17) is 5.26 Å². The zero-order valence-electron chi connectivity index (χ0n) is 13.8. The van der Waals surface area contributed by atoms with E-state index in [0.717, 1.165) is 11.3 Å². The standard InChI is InChI=1S/C16H19N7O/c1-10(2)8-19-16(24)13-5-4-6-14(11(13)3)18-9-12(7-17)15-20-22-23-21-15/h4-6,9-10,18H,8H2,1-3H3,(H,19,24)(H,20,21,22,23). The first-order chi connectivity index (χ1) is 11.5. The van der Waals surface area contributed by atoms with Gasteiger partial charge in [-0.25, -0.2) is 0 Å². The Kier molecular flexibility index (Phi) is 5.63. The van der Waals surface area contributed by atoms with Crippen LogP contribution in [0.5, 0.6) is 0 Å². The summed E-state index contributed by atoms with van der Waals surface area (Å²) < 4.78 is 0. The van der Waals surface area contributed by atoms with Crippen LogP contribution in [0.1, 0.15) is 35.6 Å². The maximum atomic E-state index is 12.3. The first-order valence-electron chi connectivity index (χ1n) is 7.51. The van der Waals surface area contributed by atoms with Crippen LogP contribution in [-0.2, 0) is 0 Å². The van der Waals surface area contributed by atoms with E-state index in [1.165, 1.54) is 6.20 Å². The minimum absolute atomic E-state index is 0.118. The van der Waals surface area contributed by atoms with Gasteiger partial charge in [-0.1, -0.05) is 19.9 Å². The zero-order valence-corrected chi connectivity index (χ0v) is 13.8. The number of allylic oxidation sites excluding steroid dienone is 1. The summed E-state index contributed by atoms with van der Waals surface area (Å²) in [6, 6.07) is 7.38. The first-order valence-corrected chi connectivity index (χ1v) is 7.51. The lowest BCUT2D eigenvalue weighted by Gasteiger charge is -2.12. The van der Waals surface area contributed by atoms with Crippen LogP contribution < -0.4 is 10.6 Å². The molecule has 1 amide bonds. The Morgan fingerprint density at radius 1 is 1.46 bits per heavy atom. The van der Waals surface area contributed by atoms with E-state index in [-0.39, 0.29) is 17.3 Å². The summed E-state index contributed by atoms with van der Waals surface area (Å²) >= 11 is 0. The highest BCUT2D eigenvalue weighted by atomic mass is 16.1. The number of aromatic nitrogens is 4. The molecule has 0 saturated heterocycles. The molecule has 2 aromatic rings. The van der Waals surface area contributed by atoms with Gasteiger partial charge in [-0.05, 0) is 35.8 Å². The summed E-state index contributed by atoms with van der Waals surface area (Å²) in [5, 5.41) is 28.3. The minimum Gasteiger partial charge on any atom is -0.360 e. The molecule has 0 spiro atoms. The van der Waals surface area contributed by atoms with Gasteiger partial charge in [0.1, 0.15) is 11.6 Å². The van der Waals surface area contributed by atoms with Crippen LogP contribution in [0.2, 0.25) is 0 Å². The molecule has 0 radical (unpaired) electrons. The molecule has 0 fully saturated rings. The molecule has 0 saturated carbocycles. The third-order valence-corrected chi connectivity index (χ3v) is 3.33. The molecule has 2 rings (SSSR count). The number of hydrogen-bond donors (Lipinski definition) is 3. The molecule has 1 aromatic heterocycles. The molecule has 0 aliphatic carbocycles. The highest BCUT2D eigenvalue weighted by Gasteiger charge is 2.12. The van der Waals surface area contributed by atoms with Crippen LogP contribution in [0.4, 0.5) is 5.69 Å². The number of nitriles is 1. The summed E-state index contributed by atoms with van der Waals surface area (Å²) in [6.45, 7) is 6.54. The van der Waals surface area contributed by atoms with Crippen molar-refractivity contribution in [3.8, 4) is 6.07 Å². The van der Waals surface area contributed by atoms with Gasteiger partial charge in [-0.15, -0.1) is 10.2 Å². The number of carbonyl (C=O) groups excluding carboxylic acids is 1. The van der Waals surface area contributed by atoms with Crippen LogP contribution in [0.15, 0.2) is 24.4 Å². The Morgan fingerprint density at radius 3 is 2.88 bits per heavy atom. The van der Waals surface area contributed by atoms with Crippen molar-refractivity contribution in [1.82, 2.24) is 25.9 Å². The Bertz CT molecular complexity index is 772. The highest BCUT2D eigenvalue weighted by molar-refractivity contribution is 5.97. The fourth-order valence-electron chi connectivity index (χ4n) is 2.00. The fourth-order valence-corrected chi connectivity index (χ4v) is 2.00. The third-order valence-electron chi connectivity index (χ3n) is 3.33. The van der Waals surface area contributed by atoms with Crippen molar-refractivity contribution in [2.24, 2.45) is 5.92 Å². The lowest BCUT2D eigenvalue weighted by molar-refractivity contribution is 0.0948. The zero-order chi connectivity index (χ0) is 17.5. The van der Waals surface area contributed by atoms with E-state index in [9.17, 15) is 4.79 Å². The molecule has 3 N–H and O–H groups in total. The van der Waals surface area contributed by atoms with Crippen molar-refractivity contribution in [1.29, 1.82) is 5.26 Å². The Labute approximate surface area is 140 Å². The Hall–Kier alpha value is -3.21. The largest absolute Gasteiger partial charge is 0.360 e. The minimum atomic E-state index is -0.118. The lowest BCUT2D eigenvalue weighted by Crippen LogP contribution is -2.28. The highest BCUT2D eigenvalue weighted by Crippen LogP contribution is 2.20. The van der Waals surface area contributed by atoms with Gasteiger partial charge in [0.05, 0.1) is 0 Å². The number of rotatable bonds is 6. The van der Waals surface area contributed by atoms with E-state index >= 15 is 0 Å². The average Bonchev–Trinajstić information content (AvgIpc) is 3.09. The van der Waals surface area contributed by atoms with Gasteiger partial charge in [0, 0.05) is 24.0 Å². The molecule has 124 valence electrons. The number of amides is 1. The molecule has 8 nitrogen and oxygen atoms in total. The molecule has 0 aliphatic rings. The number of aromatic amines is 1. The van der Waals surface area contributed by atoms with E-state index in [1.54, 1.807) is 12.1 Å². The van der Waals surface area contributed by atoms with Gasteiger partial charge in [-0.3, -0.25) is 4.79 Å². The van der Waals surface area contributed by atoms with Crippen LogP contribution in [0.25, 0.3) is 5.57 Å². The number of nitrogens with one attached hydrogen (secondary N) is 3. The van der Waals surface area contributed by atoms with Crippen LogP contribution in [0, 0.1) is 24.2 Å². The number of H-pyrrole nitrogens is 1. The monoisotopic (exact) mass is 325 g/mol. The predicted octanol–water partition coefficient (Wildman–Crippen LogP) is 1.87. The molecule has 1 heterocycles. The van der Waals surface area contributed by atoms with Crippen molar-refractivity contribution in [3.05, 3.63) is 41.4 Å². The van der Waals surface area contributed by atoms with E-state index in [1.807, 2.05) is 32.9 Å². The predicted molar refractivity (Wildman–Crippen MR) is 89.7 cm³/mol. The van der Waals surface area contributed by atoms with E-state index in [2.05, 4.69) is 31.3 Å². The summed E-state index contributed by atoms with van der Waals surface area (Å²) in [6.07, 6.45) is 1.49. The summed E-state index contributed by atoms with van der Waals surface area (Å²) in [7, 11) is 0. The lowest BCUT2D eigenvalue weighted by atomic mass is 10.1. The topological polar surface area (TPSA) is 119 Å². The Balaban J connectivity index is 2.19. The molecule has 0 atom stereocenters. The van der Waals surface area contributed by atoms with Crippen molar-refractivity contribution >= 4 is 17.2 Å². The maximum absolute atomic E-state index is 12.3. The number of hydrogen-bond acceptors (Lipinski definition) is 6. The van der Waals surface area contributed by atoms with Crippen molar-refractivity contribution in [3.63, 3.8) is 0 Å². The van der Waals surface area contributed by atoms with Crippen molar-refractivity contribution in [2.45, 2.75) is 20.8 Å². The SMILES string of the molecule is Cc1c(NC=C(C#N)c2nn[nH]n2)cccc1C(=O)NCC(C)C.